The third-order valence-corrected chi connectivity index (χ3v) is 5.00. The zero-order valence-corrected chi connectivity index (χ0v) is 17.0. The summed E-state index contributed by atoms with van der Waals surface area (Å²) in [6.07, 6.45) is 2.25. The highest BCUT2D eigenvalue weighted by Gasteiger charge is 2.28. The minimum atomic E-state index is 0. The van der Waals surface area contributed by atoms with E-state index in [9.17, 15) is 0 Å². The van der Waals surface area contributed by atoms with Crippen LogP contribution in [0.2, 0.25) is 0 Å². The molecule has 0 bridgehead atoms. The molecule has 0 aromatic heterocycles. The van der Waals surface area contributed by atoms with Gasteiger partial charge in [0, 0.05) is 37.2 Å². The van der Waals surface area contributed by atoms with E-state index in [1.807, 2.05) is 7.05 Å². The summed E-state index contributed by atoms with van der Waals surface area (Å²) >= 11 is 2.05. The van der Waals surface area contributed by atoms with Crippen LogP contribution in [0.25, 0.3) is 0 Å². The molecule has 1 N–H and O–H groups in total. The van der Waals surface area contributed by atoms with Crippen molar-refractivity contribution in [3.05, 3.63) is 35.9 Å². The molecule has 3 nitrogen and oxygen atoms in total. The molecule has 1 heterocycles. The molecule has 0 saturated carbocycles. The summed E-state index contributed by atoms with van der Waals surface area (Å²) in [5.74, 6) is 2.23. The second-order valence-electron chi connectivity index (χ2n) is 6.09. The summed E-state index contributed by atoms with van der Waals surface area (Å²) in [6, 6.07) is 10.7. The quantitative estimate of drug-likeness (QED) is 0.340. The first-order valence-corrected chi connectivity index (χ1v) is 8.73. The van der Waals surface area contributed by atoms with Gasteiger partial charge in [-0.05, 0) is 32.3 Å². The van der Waals surface area contributed by atoms with Crippen molar-refractivity contribution >= 4 is 41.7 Å². The zero-order valence-electron chi connectivity index (χ0n) is 13.8. The Hall–Kier alpha value is -0.430. The molecule has 1 aromatic carbocycles. The molecule has 1 saturated heterocycles. The van der Waals surface area contributed by atoms with Gasteiger partial charge < -0.3 is 10.2 Å². The molecule has 5 heteroatoms. The van der Waals surface area contributed by atoms with Crippen molar-refractivity contribution in [2.45, 2.75) is 31.4 Å². The Morgan fingerprint density at radius 2 is 2.05 bits per heavy atom. The number of thioether (sulfide) groups is 1. The maximum atomic E-state index is 4.44. The van der Waals surface area contributed by atoms with Gasteiger partial charge in [0.2, 0.25) is 0 Å². The van der Waals surface area contributed by atoms with Crippen LogP contribution in [0.5, 0.6) is 0 Å². The second kappa shape index (κ2) is 9.65. The topological polar surface area (TPSA) is 27.6 Å². The van der Waals surface area contributed by atoms with Crippen LogP contribution in [0.1, 0.15) is 25.8 Å². The van der Waals surface area contributed by atoms with Gasteiger partial charge in [-0.25, -0.2) is 0 Å². The number of rotatable bonds is 4. The van der Waals surface area contributed by atoms with Crippen LogP contribution in [-0.2, 0) is 6.42 Å². The Balaban J connectivity index is 0.00000242. The monoisotopic (exact) mass is 433 g/mol. The minimum absolute atomic E-state index is 0. The summed E-state index contributed by atoms with van der Waals surface area (Å²) in [5.41, 5.74) is 1.41. The van der Waals surface area contributed by atoms with E-state index < -0.39 is 0 Å². The van der Waals surface area contributed by atoms with Gasteiger partial charge >= 0.3 is 0 Å². The summed E-state index contributed by atoms with van der Waals surface area (Å²) in [6.45, 7) is 7.76. The predicted octanol–water partition coefficient (Wildman–Crippen LogP) is 3.64. The third-order valence-electron chi connectivity index (χ3n) is 3.71. The lowest BCUT2D eigenvalue weighted by atomic mass is 10.1. The standard InChI is InChI=1S/C17H27N3S.HI/c1-17(2)14-20(12-13-21-17)16(18-3)19-11-7-10-15-8-5-4-6-9-15;/h4-6,8-9H,7,10-14H2,1-3H3,(H,18,19);1H. The van der Waals surface area contributed by atoms with E-state index in [0.717, 1.165) is 38.4 Å². The fourth-order valence-electron chi connectivity index (χ4n) is 2.67. The molecule has 124 valence electrons. The van der Waals surface area contributed by atoms with Crippen LogP contribution in [-0.4, -0.2) is 48.0 Å². The normalized spacial score (nSPS) is 17.8. The molecular weight excluding hydrogens is 405 g/mol. The maximum absolute atomic E-state index is 4.44. The van der Waals surface area contributed by atoms with Gasteiger partial charge in [-0.1, -0.05) is 30.3 Å². The van der Waals surface area contributed by atoms with Crippen LogP contribution in [0.15, 0.2) is 35.3 Å². The van der Waals surface area contributed by atoms with E-state index in [0.29, 0.717) is 4.75 Å². The van der Waals surface area contributed by atoms with Crippen molar-refractivity contribution in [3.8, 4) is 0 Å². The summed E-state index contributed by atoms with van der Waals surface area (Å²) in [7, 11) is 1.88. The molecule has 1 fully saturated rings. The molecule has 0 aliphatic carbocycles. The number of benzene rings is 1. The number of nitrogens with zero attached hydrogens (tertiary/aromatic N) is 2. The lowest BCUT2D eigenvalue weighted by Gasteiger charge is -2.39. The third kappa shape index (κ3) is 6.36. The second-order valence-corrected chi connectivity index (χ2v) is 7.89. The molecule has 22 heavy (non-hydrogen) atoms. The molecule has 1 aliphatic heterocycles. The van der Waals surface area contributed by atoms with E-state index in [4.69, 9.17) is 0 Å². The van der Waals surface area contributed by atoms with E-state index in [1.165, 1.54) is 11.3 Å². The van der Waals surface area contributed by atoms with Crippen molar-refractivity contribution in [1.82, 2.24) is 10.2 Å². The maximum Gasteiger partial charge on any atom is 0.193 e. The van der Waals surface area contributed by atoms with Gasteiger partial charge in [0.25, 0.3) is 0 Å². The Kier molecular flexibility index (Phi) is 8.61. The van der Waals surface area contributed by atoms with Crippen molar-refractivity contribution in [3.63, 3.8) is 0 Å². The fourth-order valence-corrected chi connectivity index (χ4v) is 3.78. The van der Waals surface area contributed by atoms with E-state index in [1.54, 1.807) is 0 Å². The highest BCUT2D eigenvalue weighted by atomic mass is 127. The predicted molar refractivity (Wildman–Crippen MR) is 110 cm³/mol. The van der Waals surface area contributed by atoms with E-state index in [2.05, 4.69) is 71.2 Å². The first-order valence-electron chi connectivity index (χ1n) is 7.74. The molecule has 0 spiro atoms. The summed E-state index contributed by atoms with van der Waals surface area (Å²) in [5, 5.41) is 3.51. The van der Waals surface area contributed by atoms with Crippen LogP contribution in [0.4, 0.5) is 0 Å². The highest BCUT2D eigenvalue weighted by Crippen LogP contribution is 2.29. The van der Waals surface area contributed by atoms with Gasteiger partial charge in [0.05, 0.1) is 0 Å². The number of halogens is 1. The molecule has 1 aliphatic rings. The molecule has 1 aromatic rings. The number of nitrogens with one attached hydrogen (secondary N) is 1. The smallest absolute Gasteiger partial charge is 0.193 e. The van der Waals surface area contributed by atoms with Crippen LogP contribution < -0.4 is 5.32 Å². The summed E-state index contributed by atoms with van der Waals surface area (Å²) < 4.78 is 0.319. The largest absolute Gasteiger partial charge is 0.356 e. The lowest BCUT2D eigenvalue weighted by molar-refractivity contribution is 0.375. The Morgan fingerprint density at radius 3 is 2.68 bits per heavy atom. The first-order chi connectivity index (χ1) is 10.1. The molecule has 2 rings (SSSR count). The zero-order chi connectivity index (χ0) is 15.1. The number of aryl methyl sites for hydroxylation is 1. The lowest BCUT2D eigenvalue weighted by Crippen LogP contribution is -2.51. The van der Waals surface area contributed by atoms with Gasteiger partial charge in [0.15, 0.2) is 5.96 Å². The Morgan fingerprint density at radius 1 is 1.32 bits per heavy atom. The first kappa shape index (κ1) is 19.6. The van der Waals surface area contributed by atoms with Gasteiger partial charge in [0.1, 0.15) is 0 Å². The minimum Gasteiger partial charge on any atom is -0.356 e. The Bertz CT molecular complexity index is 462. The van der Waals surface area contributed by atoms with Crippen LogP contribution in [0, 0.1) is 0 Å². The molecular formula is C17H28IN3S. The van der Waals surface area contributed by atoms with Crippen molar-refractivity contribution < 1.29 is 0 Å². The molecule has 0 atom stereocenters. The molecule has 0 amide bonds. The van der Waals surface area contributed by atoms with Crippen LogP contribution in [0.3, 0.4) is 0 Å². The average molecular weight is 433 g/mol. The number of aliphatic imine (C=N–C) groups is 1. The number of guanidine groups is 1. The van der Waals surface area contributed by atoms with Crippen molar-refractivity contribution in [2.24, 2.45) is 4.99 Å². The van der Waals surface area contributed by atoms with E-state index in [-0.39, 0.29) is 24.0 Å². The summed E-state index contributed by atoms with van der Waals surface area (Å²) in [4.78, 5) is 6.83. The number of hydrogen-bond donors (Lipinski definition) is 1. The van der Waals surface area contributed by atoms with Gasteiger partial charge in [-0.2, -0.15) is 11.8 Å². The highest BCUT2D eigenvalue weighted by molar-refractivity contribution is 14.0. The molecule has 0 radical (unpaired) electrons. The van der Waals surface area contributed by atoms with Gasteiger partial charge in [-0.3, -0.25) is 4.99 Å². The van der Waals surface area contributed by atoms with E-state index >= 15 is 0 Å². The van der Waals surface area contributed by atoms with Crippen molar-refractivity contribution in [1.29, 1.82) is 0 Å². The van der Waals surface area contributed by atoms with Crippen molar-refractivity contribution in [2.75, 3.05) is 32.4 Å². The number of hydrogen-bond acceptors (Lipinski definition) is 2. The average Bonchev–Trinajstić information content (AvgIpc) is 2.47. The Labute approximate surface area is 156 Å². The molecule has 0 unspecified atom stereocenters. The SMILES string of the molecule is CN=C(NCCCc1ccccc1)N1CCSC(C)(C)C1.I. The van der Waals surface area contributed by atoms with Crippen LogP contribution >= 0.6 is 35.7 Å². The van der Waals surface area contributed by atoms with Gasteiger partial charge in [-0.15, -0.1) is 24.0 Å². The fraction of sp³-hybridized carbons (Fsp3) is 0.588.